The molecule has 182 valence electrons. The molecule has 1 N–H and O–H groups in total. The van der Waals surface area contributed by atoms with E-state index in [0.29, 0.717) is 28.5 Å². The maximum atomic E-state index is 13.5. The van der Waals surface area contributed by atoms with Crippen molar-refractivity contribution in [3.63, 3.8) is 0 Å². The topological polar surface area (TPSA) is 103 Å². The molecule has 8 nitrogen and oxygen atoms in total. The Morgan fingerprint density at radius 1 is 1.08 bits per heavy atom. The van der Waals surface area contributed by atoms with Crippen LogP contribution in [-0.4, -0.2) is 28.1 Å². The number of hydrogen-bond donors (Lipinski definition) is 1. The number of nitrogens with zero attached hydrogens (tertiary/aromatic N) is 4. The summed E-state index contributed by atoms with van der Waals surface area (Å²) < 4.78 is 48.5. The molecule has 3 aromatic carbocycles. The number of aromatic nitrogens is 4. The van der Waals surface area contributed by atoms with E-state index in [1.807, 2.05) is 16.7 Å². The molecule has 2 heterocycles. The minimum Gasteiger partial charge on any atom is -0.332 e. The standard InChI is InChI=1S/C25H19ClFN5O3S/c1-16-5-10-21(12-22(16)26)36(33,34)31-20-8-6-17(7-9-20)13-32-14-23(28-15-32)25-29-24(30-35-25)18-3-2-4-19(27)11-18/h2-12,14-15,31H,13H2,1H3. The van der Waals surface area contributed by atoms with Crippen molar-refractivity contribution in [2.45, 2.75) is 18.4 Å². The Bertz CT molecular complexity index is 1650. The van der Waals surface area contributed by atoms with Crippen molar-refractivity contribution in [2.75, 3.05) is 4.72 Å². The average molecular weight is 524 g/mol. The number of halogens is 2. The molecule has 0 fully saturated rings. The van der Waals surface area contributed by atoms with Crippen LogP contribution in [0.5, 0.6) is 0 Å². The van der Waals surface area contributed by atoms with Gasteiger partial charge < -0.3 is 9.09 Å². The highest BCUT2D eigenvalue weighted by Crippen LogP contribution is 2.24. The fourth-order valence-corrected chi connectivity index (χ4v) is 4.80. The number of benzene rings is 3. The molecule has 0 saturated heterocycles. The number of imidazole rings is 1. The van der Waals surface area contributed by atoms with Crippen molar-refractivity contribution in [3.8, 4) is 23.0 Å². The summed E-state index contributed by atoms with van der Waals surface area (Å²) >= 11 is 6.07. The molecule has 0 atom stereocenters. The molecule has 5 aromatic rings. The van der Waals surface area contributed by atoms with Crippen molar-refractivity contribution >= 4 is 27.3 Å². The average Bonchev–Trinajstić information content (AvgIpc) is 3.52. The lowest BCUT2D eigenvalue weighted by atomic mass is 10.2. The third-order valence-corrected chi connectivity index (χ3v) is 7.17. The van der Waals surface area contributed by atoms with Gasteiger partial charge in [0.25, 0.3) is 15.9 Å². The van der Waals surface area contributed by atoms with E-state index in [1.165, 1.54) is 24.3 Å². The van der Waals surface area contributed by atoms with E-state index >= 15 is 0 Å². The minimum absolute atomic E-state index is 0.0923. The second-order valence-electron chi connectivity index (χ2n) is 8.08. The molecule has 0 aliphatic carbocycles. The second-order valence-corrected chi connectivity index (χ2v) is 10.2. The molecule has 36 heavy (non-hydrogen) atoms. The van der Waals surface area contributed by atoms with Crippen molar-refractivity contribution in [1.29, 1.82) is 0 Å². The van der Waals surface area contributed by atoms with Crippen LogP contribution < -0.4 is 4.72 Å². The zero-order valence-electron chi connectivity index (χ0n) is 18.9. The fourth-order valence-electron chi connectivity index (χ4n) is 3.47. The van der Waals surface area contributed by atoms with Crippen molar-refractivity contribution in [3.05, 3.63) is 101 Å². The molecule has 0 spiro atoms. The lowest BCUT2D eigenvalue weighted by molar-refractivity contribution is 0.431. The van der Waals surface area contributed by atoms with Crippen LogP contribution in [0.25, 0.3) is 23.0 Å². The van der Waals surface area contributed by atoms with Crippen LogP contribution in [0.1, 0.15) is 11.1 Å². The molecular formula is C25H19ClFN5O3S. The van der Waals surface area contributed by atoms with Crippen LogP contribution in [0.2, 0.25) is 5.02 Å². The Labute approximate surface area is 211 Å². The predicted octanol–water partition coefficient (Wildman–Crippen LogP) is 5.55. The molecule has 0 bridgehead atoms. The van der Waals surface area contributed by atoms with E-state index < -0.39 is 10.0 Å². The summed E-state index contributed by atoms with van der Waals surface area (Å²) in [7, 11) is -3.77. The minimum atomic E-state index is -3.77. The van der Waals surface area contributed by atoms with Crippen molar-refractivity contribution in [2.24, 2.45) is 0 Å². The molecule has 0 aliphatic rings. The molecular weight excluding hydrogens is 505 g/mol. The first-order valence-corrected chi connectivity index (χ1v) is 12.6. The van der Waals surface area contributed by atoms with Gasteiger partial charge in [0, 0.05) is 29.0 Å². The number of anilines is 1. The van der Waals surface area contributed by atoms with Gasteiger partial charge in [-0.2, -0.15) is 4.98 Å². The summed E-state index contributed by atoms with van der Waals surface area (Å²) in [4.78, 5) is 8.70. The zero-order valence-corrected chi connectivity index (χ0v) is 20.5. The molecule has 0 unspecified atom stereocenters. The normalized spacial score (nSPS) is 11.5. The summed E-state index contributed by atoms with van der Waals surface area (Å²) in [5, 5.41) is 4.29. The number of nitrogens with one attached hydrogen (secondary N) is 1. The Kier molecular flexibility index (Phi) is 6.29. The molecule has 0 aliphatic heterocycles. The van der Waals surface area contributed by atoms with Crippen LogP contribution in [0.4, 0.5) is 10.1 Å². The maximum absolute atomic E-state index is 13.5. The SMILES string of the molecule is Cc1ccc(S(=O)(=O)Nc2ccc(Cn3cnc(-c4nc(-c5cccc(F)c5)no4)c3)cc2)cc1Cl. The van der Waals surface area contributed by atoms with E-state index in [4.69, 9.17) is 16.1 Å². The Hall–Kier alpha value is -4.02. The molecule has 2 aromatic heterocycles. The first kappa shape index (κ1) is 23.7. The van der Waals surface area contributed by atoms with Crippen molar-refractivity contribution < 1.29 is 17.3 Å². The molecule has 11 heteroatoms. The van der Waals surface area contributed by atoms with E-state index in [2.05, 4.69) is 19.8 Å². The molecule has 5 rings (SSSR count). The summed E-state index contributed by atoms with van der Waals surface area (Å²) in [5.74, 6) is 0.0977. The zero-order chi connectivity index (χ0) is 25.3. The first-order chi connectivity index (χ1) is 17.3. The van der Waals surface area contributed by atoms with Gasteiger partial charge in [0.2, 0.25) is 5.82 Å². The van der Waals surface area contributed by atoms with E-state index in [1.54, 1.807) is 49.8 Å². The van der Waals surface area contributed by atoms with Gasteiger partial charge in [-0.15, -0.1) is 0 Å². The van der Waals surface area contributed by atoms with Gasteiger partial charge in [-0.25, -0.2) is 17.8 Å². The van der Waals surface area contributed by atoms with Gasteiger partial charge in [0.1, 0.15) is 11.5 Å². The number of sulfonamides is 1. The van der Waals surface area contributed by atoms with Crippen LogP contribution in [0.15, 0.2) is 88.7 Å². The predicted molar refractivity (Wildman–Crippen MR) is 133 cm³/mol. The Balaban J connectivity index is 1.26. The van der Waals surface area contributed by atoms with E-state index in [-0.39, 0.29) is 22.4 Å². The second kappa shape index (κ2) is 9.56. The van der Waals surface area contributed by atoms with Gasteiger partial charge in [0.15, 0.2) is 0 Å². The molecule has 0 saturated carbocycles. The summed E-state index contributed by atoms with van der Waals surface area (Å²) in [6, 6.07) is 17.5. The van der Waals surface area contributed by atoms with E-state index in [9.17, 15) is 12.8 Å². The third kappa shape index (κ3) is 5.14. The van der Waals surface area contributed by atoms with Crippen LogP contribution in [0, 0.1) is 12.7 Å². The highest BCUT2D eigenvalue weighted by Gasteiger charge is 2.16. The summed E-state index contributed by atoms with van der Waals surface area (Å²) in [5.41, 5.74) is 3.13. The van der Waals surface area contributed by atoms with Crippen molar-refractivity contribution in [1.82, 2.24) is 19.7 Å². The molecule has 0 amide bonds. The third-order valence-electron chi connectivity index (χ3n) is 5.39. The largest absolute Gasteiger partial charge is 0.332 e. The van der Waals surface area contributed by atoms with Crippen LogP contribution in [-0.2, 0) is 16.6 Å². The first-order valence-electron chi connectivity index (χ1n) is 10.8. The lowest BCUT2D eigenvalue weighted by Gasteiger charge is -2.10. The van der Waals surface area contributed by atoms with Gasteiger partial charge >= 0.3 is 0 Å². The van der Waals surface area contributed by atoms with E-state index in [0.717, 1.165) is 11.1 Å². The van der Waals surface area contributed by atoms with Crippen LogP contribution in [0.3, 0.4) is 0 Å². The molecule has 0 radical (unpaired) electrons. The lowest BCUT2D eigenvalue weighted by Crippen LogP contribution is -2.13. The fraction of sp³-hybridized carbons (Fsp3) is 0.0800. The van der Waals surface area contributed by atoms with Crippen LogP contribution >= 0.6 is 11.6 Å². The monoisotopic (exact) mass is 523 g/mol. The smallest absolute Gasteiger partial charge is 0.278 e. The highest BCUT2D eigenvalue weighted by molar-refractivity contribution is 7.92. The number of rotatable bonds is 7. The van der Waals surface area contributed by atoms with Gasteiger partial charge in [0.05, 0.1) is 11.2 Å². The van der Waals surface area contributed by atoms with Gasteiger partial charge in [-0.3, -0.25) is 4.72 Å². The Morgan fingerprint density at radius 2 is 1.89 bits per heavy atom. The quantitative estimate of drug-likeness (QED) is 0.300. The summed E-state index contributed by atoms with van der Waals surface area (Å²) in [6.07, 6.45) is 3.37. The number of aryl methyl sites for hydroxylation is 1. The van der Waals surface area contributed by atoms with Gasteiger partial charge in [-0.05, 0) is 54.4 Å². The number of hydrogen-bond acceptors (Lipinski definition) is 6. The summed E-state index contributed by atoms with van der Waals surface area (Å²) in [6.45, 7) is 2.29. The highest BCUT2D eigenvalue weighted by atomic mass is 35.5. The van der Waals surface area contributed by atoms with Gasteiger partial charge in [-0.1, -0.05) is 47.1 Å². The maximum Gasteiger partial charge on any atom is 0.278 e. The Morgan fingerprint density at radius 3 is 2.64 bits per heavy atom.